The predicted molar refractivity (Wildman–Crippen MR) is 44.8 cm³/mol. The van der Waals surface area contributed by atoms with E-state index in [1.807, 2.05) is 0 Å². The summed E-state index contributed by atoms with van der Waals surface area (Å²) in [6, 6.07) is -0.462. The van der Waals surface area contributed by atoms with E-state index in [0.29, 0.717) is 0 Å². The molecule has 0 aromatic carbocycles. The standard InChI is InChI=1S/C7H12N4O4/c1-14-4-15-6-3-11(7(12)13)2-5(6)9-10-8/h5-6,8H,2-4H2,1H3. The quantitative estimate of drug-likeness (QED) is 0.352. The highest BCUT2D eigenvalue weighted by atomic mass is 16.7. The third-order valence-corrected chi connectivity index (χ3v) is 2.10. The number of rotatable bonds is 4. The van der Waals surface area contributed by atoms with Gasteiger partial charge in [-0.2, -0.15) is 0 Å². The summed E-state index contributed by atoms with van der Waals surface area (Å²) in [7, 11) is 1.46. The fourth-order valence-corrected chi connectivity index (χ4v) is 1.41. The van der Waals surface area contributed by atoms with Gasteiger partial charge in [-0.1, -0.05) is 0 Å². The number of hydrogen-bond acceptors (Lipinski definition) is 6. The molecule has 1 aliphatic rings. The zero-order valence-corrected chi connectivity index (χ0v) is 8.25. The summed E-state index contributed by atoms with van der Waals surface area (Å²) in [5.41, 5.74) is 6.60. The fraction of sp³-hybridized carbons (Fsp3) is 0.857. The van der Waals surface area contributed by atoms with Crippen LogP contribution in [0.3, 0.4) is 0 Å². The Balaban J connectivity index is 2.58. The molecule has 2 unspecified atom stereocenters. The van der Waals surface area contributed by atoms with E-state index in [9.17, 15) is 9.90 Å². The summed E-state index contributed by atoms with van der Waals surface area (Å²) in [4.78, 5) is 14.5. The number of carbonyl (C=O) groups excluding carboxylic acids is 1. The number of likely N-dealkylation sites (tertiary alicyclic amines) is 1. The zero-order chi connectivity index (χ0) is 11.3. The lowest BCUT2D eigenvalue weighted by molar-refractivity contribution is -0.264. The number of ether oxygens (including phenoxy) is 2. The first-order valence-corrected chi connectivity index (χ1v) is 4.32. The molecule has 0 aliphatic carbocycles. The molecule has 0 bridgehead atoms. The molecule has 0 saturated carbocycles. The van der Waals surface area contributed by atoms with Crippen LogP contribution in [0.15, 0.2) is 5.11 Å². The van der Waals surface area contributed by atoms with Crippen molar-refractivity contribution < 1.29 is 19.4 Å². The number of carbonyl (C=O) groups is 1. The van der Waals surface area contributed by atoms with E-state index < -0.39 is 18.2 Å². The molecule has 0 aromatic heterocycles. The molecule has 84 valence electrons. The lowest BCUT2D eigenvalue weighted by Gasteiger charge is -2.17. The second kappa shape index (κ2) is 5.40. The Labute approximate surface area is 86.0 Å². The van der Waals surface area contributed by atoms with Crippen molar-refractivity contribution >= 4 is 6.09 Å². The summed E-state index contributed by atoms with van der Waals surface area (Å²) in [6.45, 7) is 0.351. The monoisotopic (exact) mass is 216 g/mol. The first kappa shape index (κ1) is 11.6. The Morgan fingerprint density at radius 2 is 2.47 bits per heavy atom. The number of nitrogens with one attached hydrogen (secondary N) is 1. The van der Waals surface area contributed by atoms with Crippen LogP contribution in [-0.2, 0) is 9.47 Å². The van der Waals surface area contributed by atoms with Crippen molar-refractivity contribution in [2.45, 2.75) is 12.1 Å². The third-order valence-electron chi connectivity index (χ3n) is 2.10. The maximum Gasteiger partial charge on any atom is 0.214 e. The zero-order valence-electron chi connectivity index (χ0n) is 8.25. The number of methoxy groups -OCH3 is 1. The van der Waals surface area contributed by atoms with Gasteiger partial charge in [-0.15, -0.1) is 0 Å². The van der Waals surface area contributed by atoms with Crippen LogP contribution in [0, 0.1) is 5.53 Å². The van der Waals surface area contributed by atoms with E-state index in [1.165, 1.54) is 7.11 Å². The van der Waals surface area contributed by atoms with Crippen LogP contribution in [0.4, 0.5) is 4.79 Å². The van der Waals surface area contributed by atoms with Crippen LogP contribution in [0.25, 0.3) is 0 Å². The van der Waals surface area contributed by atoms with Gasteiger partial charge in [-0.3, -0.25) is 0 Å². The number of nitrogens with zero attached hydrogens (tertiary/aromatic N) is 3. The number of hydrogen-bond donors (Lipinski definition) is 1. The van der Waals surface area contributed by atoms with Gasteiger partial charge in [0.25, 0.3) is 0 Å². The Kier molecular flexibility index (Phi) is 4.17. The summed E-state index contributed by atoms with van der Waals surface area (Å²) in [5, 5.41) is 14.1. The average Bonchev–Trinajstić information content (AvgIpc) is 2.59. The van der Waals surface area contributed by atoms with Crippen molar-refractivity contribution in [1.82, 2.24) is 9.81 Å². The highest BCUT2D eigenvalue weighted by molar-refractivity contribution is 5.63. The minimum atomic E-state index is -1.27. The molecule has 8 nitrogen and oxygen atoms in total. The van der Waals surface area contributed by atoms with Crippen molar-refractivity contribution in [1.29, 1.82) is 5.53 Å². The van der Waals surface area contributed by atoms with E-state index >= 15 is 0 Å². The first-order chi connectivity index (χ1) is 7.19. The Morgan fingerprint density at radius 1 is 1.73 bits per heavy atom. The second-order valence-electron chi connectivity index (χ2n) is 3.07. The Morgan fingerprint density at radius 3 is 3.00 bits per heavy atom. The SMILES string of the molecule is COCOC1CN(C(=O)[O-])CC1N=[N+]=N. The van der Waals surface area contributed by atoms with E-state index in [4.69, 9.17) is 15.0 Å². The molecule has 1 saturated heterocycles. The van der Waals surface area contributed by atoms with Crippen molar-refractivity contribution in [3.05, 3.63) is 0 Å². The second-order valence-corrected chi connectivity index (χ2v) is 3.07. The van der Waals surface area contributed by atoms with Crippen molar-refractivity contribution in [3.8, 4) is 0 Å². The molecule has 1 rings (SSSR count). The topological polar surface area (TPSA) is 112 Å². The maximum absolute atomic E-state index is 10.6. The van der Waals surface area contributed by atoms with Crippen molar-refractivity contribution in [3.63, 3.8) is 0 Å². The molecular formula is C7H12N4O4. The number of amides is 1. The highest BCUT2D eigenvalue weighted by Gasteiger charge is 2.37. The minimum absolute atomic E-state index is 0.0512. The van der Waals surface area contributed by atoms with Crippen molar-refractivity contribution in [2.24, 2.45) is 5.11 Å². The molecule has 15 heavy (non-hydrogen) atoms. The van der Waals surface area contributed by atoms with Crippen LogP contribution >= 0.6 is 0 Å². The first-order valence-electron chi connectivity index (χ1n) is 4.32. The fourth-order valence-electron chi connectivity index (χ4n) is 1.41. The molecule has 2 atom stereocenters. The Bertz CT molecular complexity index is 278. The maximum atomic E-state index is 10.6. The van der Waals surface area contributed by atoms with Gasteiger partial charge in [0.05, 0.1) is 6.54 Å². The smallest absolute Gasteiger partial charge is 0.214 e. The van der Waals surface area contributed by atoms with Crippen LogP contribution in [0.1, 0.15) is 0 Å². The van der Waals surface area contributed by atoms with Gasteiger partial charge < -0.3 is 24.3 Å². The van der Waals surface area contributed by atoms with Gasteiger partial charge in [0.1, 0.15) is 29.6 Å². The lowest BCUT2D eigenvalue weighted by Crippen LogP contribution is -2.40. The van der Waals surface area contributed by atoms with Gasteiger partial charge in [0.15, 0.2) is 6.04 Å². The molecule has 0 spiro atoms. The van der Waals surface area contributed by atoms with Crippen LogP contribution < -0.4 is 10.0 Å². The van der Waals surface area contributed by atoms with Crippen molar-refractivity contribution in [2.75, 3.05) is 27.0 Å². The van der Waals surface area contributed by atoms with E-state index in [1.54, 1.807) is 0 Å². The van der Waals surface area contributed by atoms with Gasteiger partial charge in [0, 0.05) is 13.7 Å². The molecular weight excluding hydrogens is 204 g/mol. The summed E-state index contributed by atoms with van der Waals surface area (Å²) in [5.74, 6) is 0. The van der Waals surface area contributed by atoms with Gasteiger partial charge in [-0.05, 0) is 0 Å². The third kappa shape index (κ3) is 2.98. The largest absolute Gasteiger partial charge is 0.530 e. The van der Waals surface area contributed by atoms with Crippen LogP contribution in [-0.4, -0.2) is 50.1 Å². The molecule has 1 amide bonds. The van der Waals surface area contributed by atoms with Crippen LogP contribution in [0.2, 0.25) is 0 Å². The lowest BCUT2D eigenvalue weighted by atomic mass is 10.2. The predicted octanol–water partition coefficient (Wildman–Crippen LogP) is -1.45. The van der Waals surface area contributed by atoms with E-state index in [2.05, 4.69) is 10.0 Å². The van der Waals surface area contributed by atoms with Gasteiger partial charge >= 0.3 is 0 Å². The summed E-state index contributed by atoms with van der Waals surface area (Å²) >= 11 is 0. The molecule has 8 heteroatoms. The average molecular weight is 216 g/mol. The highest BCUT2D eigenvalue weighted by Crippen LogP contribution is 2.15. The van der Waals surface area contributed by atoms with Gasteiger partial charge in [-0.25, -0.2) is 0 Å². The molecule has 1 heterocycles. The molecule has 1 aliphatic heterocycles. The summed E-state index contributed by atoms with van der Waals surface area (Å²) < 4.78 is 9.91. The summed E-state index contributed by atoms with van der Waals surface area (Å²) in [6.07, 6.45) is -1.71. The van der Waals surface area contributed by atoms with E-state index in [-0.39, 0.29) is 19.9 Å². The van der Waals surface area contributed by atoms with Gasteiger partial charge in [0.2, 0.25) is 4.91 Å². The normalized spacial score (nSPS) is 25.0. The van der Waals surface area contributed by atoms with E-state index in [0.717, 1.165) is 4.90 Å². The molecule has 0 aromatic rings. The van der Waals surface area contributed by atoms with Crippen LogP contribution in [0.5, 0.6) is 0 Å². The Hall–Kier alpha value is -1.50. The molecule has 1 N–H and O–H groups in total. The molecule has 1 fully saturated rings. The molecule has 0 radical (unpaired) electrons. The number of carboxylic acid groups (broad SMARTS) is 1. The minimum Gasteiger partial charge on any atom is -0.530 e.